The van der Waals surface area contributed by atoms with E-state index >= 15 is 0 Å². The van der Waals surface area contributed by atoms with E-state index in [2.05, 4.69) is 33.8 Å². The summed E-state index contributed by atoms with van der Waals surface area (Å²) in [6.07, 6.45) is 8.04. The van der Waals surface area contributed by atoms with Crippen LogP contribution in [0, 0.1) is 28.1 Å². The maximum absolute atomic E-state index is 12.2. The molecule has 2 saturated carbocycles. The molecule has 5 atom stereocenters. The van der Waals surface area contributed by atoms with Gasteiger partial charge in [-0.15, -0.1) is 0 Å². The van der Waals surface area contributed by atoms with Gasteiger partial charge in [0, 0.05) is 0 Å². The third-order valence-corrected chi connectivity index (χ3v) is 7.63. The number of hydrogen-bond donors (Lipinski definition) is 1. The van der Waals surface area contributed by atoms with Gasteiger partial charge in [0.25, 0.3) is 0 Å². The van der Waals surface area contributed by atoms with Gasteiger partial charge in [-0.25, -0.2) is 0 Å². The van der Waals surface area contributed by atoms with E-state index in [0.29, 0.717) is 11.8 Å². The van der Waals surface area contributed by atoms with Crippen LogP contribution in [0.25, 0.3) is 0 Å². The van der Waals surface area contributed by atoms with Crippen LogP contribution in [-0.2, 0) is 9.53 Å². The molecule has 0 radical (unpaired) electrons. The van der Waals surface area contributed by atoms with Crippen LogP contribution in [-0.4, -0.2) is 24.3 Å². The summed E-state index contributed by atoms with van der Waals surface area (Å²) in [6, 6.07) is 0. The van der Waals surface area contributed by atoms with E-state index in [0.717, 1.165) is 38.5 Å². The number of fused-ring (bicyclic) bond motifs is 3. The van der Waals surface area contributed by atoms with Crippen LogP contribution < -0.4 is 0 Å². The minimum absolute atomic E-state index is 0.0296. The molecule has 0 amide bonds. The van der Waals surface area contributed by atoms with Gasteiger partial charge in [-0.3, -0.25) is 4.79 Å². The molecule has 0 heterocycles. The highest BCUT2D eigenvalue weighted by Gasteiger charge is 2.57. The monoisotopic (exact) mass is 320 g/mol. The number of esters is 1. The predicted octanol–water partition coefficient (Wildman–Crippen LogP) is 4.10. The van der Waals surface area contributed by atoms with Gasteiger partial charge in [0.05, 0.1) is 18.6 Å². The van der Waals surface area contributed by atoms with Crippen molar-refractivity contribution in [1.82, 2.24) is 0 Å². The lowest BCUT2D eigenvalue weighted by atomic mass is 9.45. The van der Waals surface area contributed by atoms with Gasteiger partial charge in [0.1, 0.15) is 0 Å². The normalized spacial score (nSPS) is 45.5. The van der Waals surface area contributed by atoms with E-state index in [4.69, 9.17) is 4.74 Å². The first-order valence-corrected chi connectivity index (χ1v) is 9.10. The Labute approximate surface area is 140 Å². The van der Waals surface area contributed by atoms with Crippen LogP contribution >= 0.6 is 0 Å². The quantitative estimate of drug-likeness (QED) is 0.584. The maximum atomic E-state index is 12.2. The number of rotatable bonds is 1. The molecule has 3 aliphatic carbocycles. The zero-order valence-corrected chi connectivity index (χ0v) is 15.3. The van der Waals surface area contributed by atoms with Gasteiger partial charge in [0.2, 0.25) is 0 Å². The molecule has 0 aliphatic heterocycles. The van der Waals surface area contributed by atoms with E-state index < -0.39 is 0 Å². The van der Waals surface area contributed by atoms with Crippen molar-refractivity contribution >= 4 is 5.97 Å². The number of allylic oxidation sites excluding steroid dienone is 2. The van der Waals surface area contributed by atoms with Crippen LogP contribution in [0.2, 0.25) is 0 Å². The topological polar surface area (TPSA) is 46.5 Å². The fourth-order valence-corrected chi connectivity index (χ4v) is 6.03. The third-order valence-electron chi connectivity index (χ3n) is 7.63. The summed E-state index contributed by atoms with van der Waals surface area (Å²) >= 11 is 0. The minimum atomic E-state index is -0.357. The molecule has 130 valence electrons. The van der Waals surface area contributed by atoms with Gasteiger partial charge < -0.3 is 9.84 Å². The first kappa shape index (κ1) is 17.0. The molecule has 0 aromatic rings. The molecule has 3 rings (SSSR count). The fourth-order valence-electron chi connectivity index (χ4n) is 6.03. The molecule has 0 aromatic carbocycles. The van der Waals surface area contributed by atoms with Crippen LogP contribution in [0.5, 0.6) is 0 Å². The molecule has 0 saturated heterocycles. The second kappa shape index (κ2) is 5.34. The first-order chi connectivity index (χ1) is 10.6. The summed E-state index contributed by atoms with van der Waals surface area (Å²) in [4.78, 5) is 12.2. The number of carbonyl (C=O) groups is 1. The molecule has 2 unspecified atom stereocenters. The largest absolute Gasteiger partial charge is 0.469 e. The lowest BCUT2D eigenvalue weighted by Crippen LogP contribution is -2.55. The average molecular weight is 320 g/mol. The minimum Gasteiger partial charge on any atom is -0.469 e. The van der Waals surface area contributed by atoms with Crippen molar-refractivity contribution < 1.29 is 14.6 Å². The van der Waals surface area contributed by atoms with Gasteiger partial charge in [0.15, 0.2) is 0 Å². The number of ether oxygens (including phenoxy) is 1. The molecule has 3 nitrogen and oxygen atoms in total. The standard InChI is InChI=1S/C20H32O3/c1-18(2)15-7-6-13-12-19(3,17(22)23-5)10-8-14(13)20(15,4)11-9-16(18)21/h6,14-16,21H,7-12H2,1-5H3/t14-,15-,16?,19?,20+/m0/s1. The fraction of sp³-hybridized carbons (Fsp3) is 0.850. The van der Waals surface area contributed by atoms with Crippen LogP contribution in [0.4, 0.5) is 0 Å². The highest BCUT2D eigenvalue weighted by atomic mass is 16.5. The Morgan fingerprint density at radius 3 is 2.57 bits per heavy atom. The number of methoxy groups -OCH3 is 1. The van der Waals surface area contributed by atoms with Crippen molar-refractivity contribution in [3.63, 3.8) is 0 Å². The van der Waals surface area contributed by atoms with Crippen molar-refractivity contribution in [2.24, 2.45) is 28.1 Å². The summed E-state index contributed by atoms with van der Waals surface area (Å²) in [5, 5.41) is 10.5. The maximum Gasteiger partial charge on any atom is 0.311 e. The van der Waals surface area contributed by atoms with Crippen molar-refractivity contribution in [1.29, 1.82) is 0 Å². The third kappa shape index (κ3) is 2.38. The predicted molar refractivity (Wildman–Crippen MR) is 90.8 cm³/mol. The van der Waals surface area contributed by atoms with E-state index in [-0.39, 0.29) is 28.3 Å². The van der Waals surface area contributed by atoms with Gasteiger partial charge in [-0.05, 0) is 68.1 Å². The smallest absolute Gasteiger partial charge is 0.311 e. The molecule has 0 bridgehead atoms. The van der Waals surface area contributed by atoms with E-state index in [1.54, 1.807) is 0 Å². The van der Waals surface area contributed by atoms with Crippen LogP contribution in [0.3, 0.4) is 0 Å². The number of hydrogen-bond acceptors (Lipinski definition) is 3. The van der Waals surface area contributed by atoms with Crippen molar-refractivity contribution in [3.8, 4) is 0 Å². The Kier molecular flexibility index (Phi) is 3.95. The van der Waals surface area contributed by atoms with E-state index in [1.165, 1.54) is 12.7 Å². The Morgan fingerprint density at radius 2 is 1.91 bits per heavy atom. The summed E-state index contributed by atoms with van der Waals surface area (Å²) in [7, 11) is 1.50. The Balaban J connectivity index is 1.92. The average Bonchev–Trinajstić information content (AvgIpc) is 2.50. The van der Waals surface area contributed by atoms with Gasteiger partial charge >= 0.3 is 5.97 Å². The first-order valence-electron chi connectivity index (χ1n) is 9.10. The molecule has 3 heteroatoms. The van der Waals surface area contributed by atoms with Crippen molar-refractivity contribution in [3.05, 3.63) is 11.6 Å². The molecular weight excluding hydrogens is 288 g/mol. The summed E-state index contributed by atoms with van der Waals surface area (Å²) in [6.45, 7) is 8.96. The lowest BCUT2D eigenvalue weighted by molar-refractivity contribution is -0.155. The molecule has 1 N–H and O–H groups in total. The van der Waals surface area contributed by atoms with Crippen LogP contribution in [0.1, 0.15) is 66.2 Å². The summed E-state index contributed by atoms with van der Waals surface area (Å²) in [5.74, 6) is 1.02. The Hall–Kier alpha value is -0.830. The van der Waals surface area contributed by atoms with Gasteiger partial charge in [-0.1, -0.05) is 32.4 Å². The van der Waals surface area contributed by atoms with E-state index in [1.807, 2.05) is 0 Å². The summed E-state index contributed by atoms with van der Waals surface area (Å²) < 4.78 is 5.05. The molecule has 0 spiro atoms. The Morgan fingerprint density at radius 1 is 1.22 bits per heavy atom. The molecule has 23 heavy (non-hydrogen) atoms. The Bertz CT molecular complexity index is 535. The molecule has 0 aromatic heterocycles. The van der Waals surface area contributed by atoms with Gasteiger partial charge in [-0.2, -0.15) is 0 Å². The number of aliphatic hydroxyl groups excluding tert-OH is 1. The van der Waals surface area contributed by atoms with Crippen molar-refractivity contribution in [2.45, 2.75) is 72.3 Å². The highest BCUT2D eigenvalue weighted by molar-refractivity contribution is 5.77. The lowest BCUT2D eigenvalue weighted by Gasteiger charge is -2.60. The SMILES string of the molecule is COC(=O)C1(C)CC[C@H]2C(=CC[C@H]3C(C)(C)C(O)CC[C@]23C)C1. The zero-order valence-electron chi connectivity index (χ0n) is 15.3. The van der Waals surface area contributed by atoms with E-state index in [9.17, 15) is 9.90 Å². The highest BCUT2D eigenvalue weighted by Crippen LogP contribution is 2.63. The van der Waals surface area contributed by atoms with Crippen LogP contribution in [0.15, 0.2) is 11.6 Å². The number of aliphatic hydroxyl groups is 1. The second-order valence-corrected chi connectivity index (χ2v) is 9.27. The molecular formula is C20H32O3. The molecule has 2 fully saturated rings. The second-order valence-electron chi connectivity index (χ2n) is 9.27. The molecule has 3 aliphatic rings. The zero-order chi connectivity index (χ0) is 17.0. The number of carbonyl (C=O) groups excluding carboxylic acids is 1. The summed E-state index contributed by atoms with van der Waals surface area (Å²) in [5.41, 5.74) is 1.34. The van der Waals surface area contributed by atoms with Crippen molar-refractivity contribution in [2.75, 3.05) is 7.11 Å².